The van der Waals surface area contributed by atoms with E-state index in [4.69, 9.17) is 23.2 Å². The van der Waals surface area contributed by atoms with E-state index in [1.54, 1.807) is 4.90 Å². The first kappa shape index (κ1) is 17.5. The van der Waals surface area contributed by atoms with Crippen molar-refractivity contribution in [3.63, 3.8) is 0 Å². The zero-order valence-electron chi connectivity index (χ0n) is 12.6. The number of piperazine rings is 1. The number of nitrogens with zero attached hydrogens (tertiary/aromatic N) is 1. The quantitative estimate of drug-likeness (QED) is 0.873. The molecule has 0 radical (unpaired) electrons. The lowest BCUT2D eigenvalue weighted by Gasteiger charge is -2.36. The third-order valence-electron chi connectivity index (χ3n) is 3.50. The first-order chi connectivity index (χ1) is 10.1. The summed E-state index contributed by atoms with van der Waals surface area (Å²) in [7, 11) is -3.53. The van der Waals surface area contributed by atoms with Crippen molar-refractivity contribution >= 4 is 38.9 Å². The number of hydrogen-bond acceptors (Lipinski definition) is 4. The molecular formula is C14H18Cl2N2O3S. The smallest absolute Gasteiger partial charge is 0.255 e. The summed E-state index contributed by atoms with van der Waals surface area (Å²) >= 11 is 12.0. The molecule has 0 saturated carbocycles. The molecule has 1 aliphatic rings. The molecule has 1 heterocycles. The van der Waals surface area contributed by atoms with Crippen molar-refractivity contribution in [3.8, 4) is 0 Å². The Morgan fingerprint density at radius 3 is 2.23 bits per heavy atom. The zero-order chi connectivity index (χ0) is 16.7. The highest BCUT2D eigenvalue weighted by Gasteiger charge is 2.28. The molecule has 8 heteroatoms. The van der Waals surface area contributed by atoms with Gasteiger partial charge < -0.3 is 10.2 Å². The summed E-state index contributed by atoms with van der Waals surface area (Å²) in [5.41, 5.74) is 0.160. The van der Waals surface area contributed by atoms with Gasteiger partial charge in [-0.2, -0.15) is 0 Å². The average molecular weight is 365 g/mol. The lowest BCUT2D eigenvalue weighted by Crippen LogP contribution is -2.55. The number of carbonyl (C=O) groups is 1. The molecule has 0 spiro atoms. The van der Waals surface area contributed by atoms with Crippen LogP contribution in [-0.4, -0.2) is 50.7 Å². The number of rotatable bonds is 2. The van der Waals surface area contributed by atoms with E-state index in [-0.39, 0.29) is 38.5 Å². The number of nitrogens with one attached hydrogen (secondary N) is 1. The highest BCUT2D eigenvalue weighted by atomic mass is 35.5. The van der Waals surface area contributed by atoms with Crippen LogP contribution >= 0.6 is 23.2 Å². The van der Waals surface area contributed by atoms with Crippen LogP contribution in [0.5, 0.6) is 0 Å². The second-order valence-corrected chi connectivity index (χ2v) is 8.51. The van der Waals surface area contributed by atoms with Crippen LogP contribution in [0.15, 0.2) is 17.0 Å². The summed E-state index contributed by atoms with van der Waals surface area (Å²) in [6.07, 6.45) is 1.05. The van der Waals surface area contributed by atoms with Gasteiger partial charge in [0.05, 0.1) is 20.5 Å². The minimum atomic E-state index is -3.53. The Balaban J connectivity index is 2.41. The van der Waals surface area contributed by atoms with E-state index in [1.165, 1.54) is 12.1 Å². The van der Waals surface area contributed by atoms with E-state index in [9.17, 15) is 13.2 Å². The van der Waals surface area contributed by atoms with Crippen molar-refractivity contribution in [2.75, 3.05) is 19.3 Å². The van der Waals surface area contributed by atoms with Crippen molar-refractivity contribution in [2.24, 2.45) is 0 Å². The molecule has 1 amide bonds. The first-order valence-corrected chi connectivity index (χ1v) is 9.48. The second-order valence-electron chi connectivity index (χ2n) is 5.71. The van der Waals surface area contributed by atoms with Gasteiger partial charge >= 0.3 is 0 Å². The summed E-state index contributed by atoms with van der Waals surface area (Å²) in [6.45, 7) is 5.05. The fourth-order valence-corrected chi connectivity index (χ4v) is 4.27. The van der Waals surface area contributed by atoms with Crippen molar-refractivity contribution in [3.05, 3.63) is 27.7 Å². The van der Waals surface area contributed by atoms with E-state index < -0.39 is 9.84 Å². The van der Waals surface area contributed by atoms with Crippen molar-refractivity contribution in [1.82, 2.24) is 10.2 Å². The normalized spacial score (nSPS) is 22.7. The van der Waals surface area contributed by atoms with Gasteiger partial charge in [0.1, 0.15) is 0 Å². The fraction of sp³-hybridized carbons (Fsp3) is 0.500. The molecule has 5 nitrogen and oxygen atoms in total. The van der Waals surface area contributed by atoms with E-state index >= 15 is 0 Å². The Hall–Kier alpha value is -0.820. The predicted molar refractivity (Wildman–Crippen MR) is 87.5 cm³/mol. The molecule has 1 aromatic rings. The number of carbonyl (C=O) groups excluding carboxylic acids is 1. The van der Waals surface area contributed by atoms with Gasteiger partial charge in [0.2, 0.25) is 0 Å². The Kier molecular flexibility index (Phi) is 5.06. The maximum absolute atomic E-state index is 12.7. The van der Waals surface area contributed by atoms with E-state index in [0.717, 1.165) is 6.26 Å². The monoisotopic (exact) mass is 364 g/mol. The maximum Gasteiger partial charge on any atom is 0.255 e. The molecule has 22 heavy (non-hydrogen) atoms. The average Bonchev–Trinajstić information content (AvgIpc) is 2.35. The van der Waals surface area contributed by atoms with Crippen LogP contribution in [0, 0.1) is 0 Å². The van der Waals surface area contributed by atoms with E-state index in [2.05, 4.69) is 5.32 Å². The standard InChI is InChI=1S/C14H18Cl2N2O3S/c1-8-6-18(7-9(2)17-8)14(19)10-4-13(22(3,20)21)12(16)5-11(10)15/h4-5,8-9,17H,6-7H2,1-3H3/t8-,9-/m0/s1. The van der Waals surface area contributed by atoms with E-state index in [0.29, 0.717) is 13.1 Å². The third-order valence-corrected chi connectivity index (χ3v) is 5.37. The molecule has 2 atom stereocenters. The van der Waals surface area contributed by atoms with Gasteiger partial charge in [-0.05, 0) is 26.0 Å². The Labute approximate surface area is 140 Å². The summed E-state index contributed by atoms with van der Waals surface area (Å²) < 4.78 is 23.5. The molecule has 1 fully saturated rings. The van der Waals surface area contributed by atoms with Gasteiger partial charge in [0, 0.05) is 31.4 Å². The van der Waals surface area contributed by atoms with Crippen LogP contribution in [0.25, 0.3) is 0 Å². The second kappa shape index (κ2) is 6.35. The Morgan fingerprint density at radius 2 is 1.73 bits per heavy atom. The molecule has 0 aromatic heterocycles. The zero-order valence-corrected chi connectivity index (χ0v) is 14.9. The number of benzene rings is 1. The van der Waals surface area contributed by atoms with E-state index in [1.807, 2.05) is 13.8 Å². The number of hydrogen-bond donors (Lipinski definition) is 1. The lowest BCUT2D eigenvalue weighted by atomic mass is 10.1. The van der Waals surface area contributed by atoms with Gasteiger partial charge in [0.25, 0.3) is 5.91 Å². The maximum atomic E-state index is 12.7. The SMILES string of the molecule is C[C@H]1CN(C(=O)c2cc(S(C)(=O)=O)c(Cl)cc2Cl)C[C@H](C)N1. The Bertz CT molecular complexity index is 696. The minimum Gasteiger partial charge on any atom is -0.335 e. The number of halogens is 2. The van der Waals surface area contributed by atoms with Gasteiger partial charge in [-0.3, -0.25) is 4.79 Å². The van der Waals surface area contributed by atoms with Crippen LogP contribution in [0.4, 0.5) is 0 Å². The van der Waals surface area contributed by atoms with Crippen LogP contribution in [0.2, 0.25) is 10.0 Å². The molecule has 2 rings (SSSR count). The van der Waals surface area contributed by atoms with Gasteiger partial charge in [-0.25, -0.2) is 8.42 Å². The molecular weight excluding hydrogens is 347 g/mol. The summed E-state index contributed by atoms with van der Waals surface area (Å²) in [5.74, 6) is -0.285. The lowest BCUT2D eigenvalue weighted by molar-refractivity contribution is 0.0673. The third kappa shape index (κ3) is 3.74. The fourth-order valence-electron chi connectivity index (χ4n) is 2.64. The largest absolute Gasteiger partial charge is 0.335 e. The van der Waals surface area contributed by atoms with Gasteiger partial charge in [-0.15, -0.1) is 0 Å². The van der Waals surface area contributed by atoms with Crippen molar-refractivity contribution < 1.29 is 13.2 Å². The predicted octanol–water partition coefficient (Wildman–Crippen LogP) is 2.22. The van der Waals surface area contributed by atoms with Crippen LogP contribution in [0.3, 0.4) is 0 Å². The number of amides is 1. The highest BCUT2D eigenvalue weighted by Crippen LogP contribution is 2.29. The molecule has 1 saturated heterocycles. The summed E-state index contributed by atoms with van der Waals surface area (Å²) in [6, 6.07) is 2.89. The molecule has 1 N–H and O–H groups in total. The van der Waals surface area contributed by atoms with Crippen LogP contribution in [-0.2, 0) is 9.84 Å². The first-order valence-electron chi connectivity index (χ1n) is 6.84. The molecule has 1 aliphatic heterocycles. The Morgan fingerprint density at radius 1 is 1.18 bits per heavy atom. The molecule has 0 bridgehead atoms. The van der Waals surface area contributed by atoms with Gasteiger partial charge in [-0.1, -0.05) is 23.2 Å². The summed E-state index contributed by atoms with van der Waals surface area (Å²) in [5, 5.41) is 3.50. The molecule has 0 unspecified atom stereocenters. The summed E-state index contributed by atoms with van der Waals surface area (Å²) in [4.78, 5) is 14.3. The minimum absolute atomic E-state index is 0.0195. The van der Waals surface area contributed by atoms with Gasteiger partial charge in [0.15, 0.2) is 9.84 Å². The molecule has 0 aliphatic carbocycles. The van der Waals surface area contributed by atoms with Crippen molar-refractivity contribution in [2.45, 2.75) is 30.8 Å². The number of sulfone groups is 1. The molecule has 1 aromatic carbocycles. The van der Waals surface area contributed by atoms with Crippen LogP contribution in [0.1, 0.15) is 24.2 Å². The van der Waals surface area contributed by atoms with Crippen LogP contribution < -0.4 is 5.32 Å². The highest BCUT2D eigenvalue weighted by molar-refractivity contribution is 7.90. The molecule has 122 valence electrons. The van der Waals surface area contributed by atoms with Crippen molar-refractivity contribution in [1.29, 1.82) is 0 Å². The topological polar surface area (TPSA) is 66.5 Å².